The topological polar surface area (TPSA) is 69.0 Å². The van der Waals surface area contributed by atoms with Gasteiger partial charge in [0.2, 0.25) is 5.91 Å². The molecule has 1 aliphatic carbocycles. The minimum atomic E-state index is -0.264. The molecule has 6 nitrogen and oxygen atoms in total. The number of hydrogen-bond donors (Lipinski definition) is 1. The van der Waals surface area contributed by atoms with Crippen molar-refractivity contribution in [2.24, 2.45) is 0 Å². The third kappa shape index (κ3) is 4.84. The summed E-state index contributed by atoms with van der Waals surface area (Å²) in [4.78, 5) is 12.6. The number of carbonyl (C=O) groups is 1. The summed E-state index contributed by atoms with van der Waals surface area (Å²) in [5.41, 5.74) is 2.20. The Labute approximate surface area is 181 Å². The number of nitrogens with zero attached hydrogens (tertiary/aromatic N) is 3. The molecule has 7 heteroatoms. The molecule has 0 spiro atoms. The van der Waals surface area contributed by atoms with E-state index in [1.807, 2.05) is 49.4 Å². The van der Waals surface area contributed by atoms with E-state index in [0.29, 0.717) is 12.5 Å². The number of amides is 1. The second kappa shape index (κ2) is 9.34. The van der Waals surface area contributed by atoms with Gasteiger partial charge in [0.25, 0.3) is 0 Å². The van der Waals surface area contributed by atoms with Crippen LogP contribution in [0.5, 0.6) is 5.75 Å². The summed E-state index contributed by atoms with van der Waals surface area (Å²) in [7, 11) is 1.65. The number of methoxy groups -OCH3 is 1. The highest BCUT2D eigenvalue weighted by molar-refractivity contribution is 8.00. The second-order valence-electron chi connectivity index (χ2n) is 7.44. The van der Waals surface area contributed by atoms with Crippen LogP contribution in [0.15, 0.2) is 59.8 Å². The fraction of sp³-hybridized carbons (Fsp3) is 0.348. The molecule has 0 bridgehead atoms. The van der Waals surface area contributed by atoms with Gasteiger partial charge in [-0.05, 0) is 56.0 Å². The molecule has 2 aromatic carbocycles. The molecule has 1 saturated carbocycles. The molecule has 1 heterocycles. The zero-order valence-corrected chi connectivity index (χ0v) is 18.1. The molecule has 1 aromatic heterocycles. The second-order valence-corrected chi connectivity index (χ2v) is 8.74. The fourth-order valence-electron chi connectivity index (χ4n) is 3.26. The van der Waals surface area contributed by atoms with E-state index in [1.54, 1.807) is 7.11 Å². The van der Waals surface area contributed by atoms with E-state index in [2.05, 4.69) is 32.2 Å². The number of ether oxygens (including phenoxy) is 1. The molecular formula is C23H26N4O2S. The van der Waals surface area contributed by atoms with Gasteiger partial charge >= 0.3 is 0 Å². The molecule has 1 fully saturated rings. The monoisotopic (exact) mass is 422 g/mol. The van der Waals surface area contributed by atoms with Gasteiger partial charge in [-0.3, -0.25) is 9.36 Å². The van der Waals surface area contributed by atoms with Crippen molar-refractivity contribution in [3.63, 3.8) is 0 Å². The molecule has 4 rings (SSSR count). The van der Waals surface area contributed by atoms with E-state index in [4.69, 9.17) is 4.74 Å². The van der Waals surface area contributed by atoms with Crippen LogP contribution in [0.2, 0.25) is 0 Å². The van der Waals surface area contributed by atoms with Gasteiger partial charge in [0, 0.05) is 18.2 Å². The molecule has 1 N–H and O–H groups in total. The van der Waals surface area contributed by atoms with E-state index in [1.165, 1.54) is 11.8 Å². The van der Waals surface area contributed by atoms with Crippen molar-refractivity contribution < 1.29 is 9.53 Å². The molecule has 1 amide bonds. The number of aromatic nitrogens is 3. The van der Waals surface area contributed by atoms with Crippen LogP contribution in [-0.2, 0) is 11.2 Å². The van der Waals surface area contributed by atoms with Crippen LogP contribution in [0.1, 0.15) is 37.1 Å². The van der Waals surface area contributed by atoms with Crippen LogP contribution in [0, 0.1) is 0 Å². The lowest BCUT2D eigenvalue weighted by Gasteiger charge is -2.14. The normalized spacial score (nSPS) is 14.3. The molecule has 1 aliphatic rings. The smallest absolute Gasteiger partial charge is 0.233 e. The lowest BCUT2D eigenvalue weighted by molar-refractivity contribution is -0.120. The van der Waals surface area contributed by atoms with Crippen LogP contribution in [0.3, 0.4) is 0 Å². The highest BCUT2D eigenvalue weighted by Crippen LogP contribution is 2.41. The van der Waals surface area contributed by atoms with E-state index < -0.39 is 0 Å². The predicted octanol–water partition coefficient (Wildman–Crippen LogP) is 3.99. The van der Waals surface area contributed by atoms with Gasteiger partial charge in [0.05, 0.1) is 12.4 Å². The first-order valence-corrected chi connectivity index (χ1v) is 11.1. The number of nitrogens with one attached hydrogen (secondary N) is 1. The van der Waals surface area contributed by atoms with Gasteiger partial charge < -0.3 is 10.1 Å². The summed E-state index contributed by atoms with van der Waals surface area (Å²) in [5.74, 6) is 2.31. The Morgan fingerprint density at radius 2 is 1.90 bits per heavy atom. The van der Waals surface area contributed by atoms with Crippen molar-refractivity contribution in [2.75, 3.05) is 13.7 Å². The first-order valence-electron chi connectivity index (χ1n) is 10.2. The predicted molar refractivity (Wildman–Crippen MR) is 118 cm³/mol. The molecule has 3 aromatic rings. The Balaban J connectivity index is 1.37. The van der Waals surface area contributed by atoms with E-state index >= 15 is 0 Å². The fourth-order valence-corrected chi connectivity index (χ4v) is 4.16. The maximum atomic E-state index is 12.6. The number of para-hydroxylation sites is 1. The third-order valence-electron chi connectivity index (χ3n) is 5.14. The lowest BCUT2D eigenvalue weighted by atomic mass is 10.1. The van der Waals surface area contributed by atoms with Crippen LogP contribution >= 0.6 is 11.8 Å². The minimum absolute atomic E-state index is 0.00379. The molecular weight excluding hydrogens is 396 g/mol. The summed E-state index contributed by atoms with van der Waals surface area (Å²) in [5, 5.41) is 12.4. The van der Waals surface area contributed by atoms with Crippen molar-refractivity contribution >= 4 is 17.7 Å². The molecule has 0 aliphatic heterocycles. The van der Waals surface area contributed by atoms with Crippen LogP contribution < -0.4 is 10.1 Å². The van der Waals surface area contributed by atoms with Crippen LogP contribution in [0.4, 0.5) is 0 Å². The largest absolute Gasteiger partial charge is 0.497 e. The highest BCUT2D eigenvalue weighted by atomic mass is 32.2. The lowest BCUT2D eigenvalue weighted by Crippen LogP contribution is -2.32. The minimum Gasteiger partial charge on any atom is -0.497 e. The summed E-state index contributed by atoms with van der Waals surface area (Å²) < 4.78 is 7.28. The van der Waals surface area contributed by atoms with Gasteiger partial charge in [-0.2, -0.15) is 0 Å². The summed E-state index contributed by atoms with van der Waals surface area (Å²) in [6.07, 6.45) is 3.08. The Hall–Kier alpha value is -2.80. The van der Waals surface area contributed by atoms with Crippen LogP contribution in [-0.4, -0.2) is 39.6 Å². The zero-order chi connectivity index (χ0) is 20.9. The van der Waals surface area contributed by atoms with Crippen LogP contribution in [0.25, 0.3) is 5.69 Å². The number of benzene rings is 2. The molecule has 0 radical (unpaired) electrons. The van der Waals surface area contributed by atoms with Gasteiger partial charge in [0.1, 0.15) is 11.6 Å². The van der Waals surface area contributed by atoms with Crippen molar-refractivity contribution in [1.82, 2.24) is 20.1 Å². The Morgan fingerprint density at radius 3 is 2.57 bits per heavy atom. The zero-order valence-electron chi connectivity index (χ0n) is 17.2. The molecule has 1 atom stereocenters. The molecule has 30 heavy (non-hydrogen) atoms. The van der Waals surface area contributed by atoms with Gasteiger partial charge in [-0.15, -0.1) is 10.2 Å². The van der Waals surface area contributed by atoms with Crippen molar-refractivity contribution in [3.8, 4) is 11.4 Å². The van der Waals surface area contributed by atoms with E-state index in [0.717, 1.165) is 47.2 Å². The average Bonchev–Trinajstić information content (AvgIpc) is 3.55. The maximum Gasteiger partial charge on any atom is 0.233 e. The van der Waals surface area contributed by atoms with Crippen molar-refractivity contribution in [2.45, 2.75) is 42.5 Å². The maximum absolute atomic E-state index is 12.6. The summed E-state index contributed by atoms with van der Waals surface area (Å²) in [6.45, 7) is 2.50. The Bertz CT molecular complexity index is 984. The summed E-state index contributed by atoms with van der Waals surface area (Å²) >= 11 is 1.45. The average molecular weight is 423 g/mol. The number of hydrogen-bond acceptors (Lipinski definition) is 5. The van der Waals surface area contributed by atoms with Crippen molar-refractivity contribution in [3.05, 3.63) is 66.0 Å². The Kier molecular flexibility index (Phi) is 6.38. The van der Waals surface area contributed by atoms with E-state index in [9.17, 15) is 4.79 Å². The first kappa shape index (κ1) is 20.5. The standard InChI is InChI=1S/C23H26N4O2S/c1-16(22(28)24-15-14-17-8-12-20(29-2)13-9-17)30-23-26-25-21(18-10-11-18)27(23)19-6-4-3-5-7-19/h3-9,12-13,16,18H,10-11,14-15H2,1-2H3,(H,24,28)/t16-/m0/s1. The molecule has 156 valence electrons. The number of carbonyl (C=O) groups excluding carboxylic acids is 1. The number of rotatable bonds is 9. The van der Waals surface area contributed by atoms with Gasteiger partial charge in [-0.1, -0.05) is 42.1 Å². The first-order chi connectivity index (χ1) is 14.7. The third-order valence-corrected chi connectivity index (χ3v) is 6.18. The highest BCUT2D eigenvalue weighted by Gasteiger charge is 2.31. The quantitative estimate of drug-likeness (QED) is 0.528. The summed E-state index contributed by atoms with van der Waals surface area (Å²) in [6, 6.07) is 18.0. The van der Waals surface area contributed by atoms with Crippen molar-refractivity contribution in [1.29, 1.82) is 0 Å². The number of thioether (sulfide) groups is 1. The molecule has 0 unspecified atom stereocenters. The Morgan fingerprint density at radius 1 is 1.17 bits per heavy atom. The van der Waals surface area contributed by atoms with E-state index in [-0.39, 0.29) is 11.2 Å². The SMILES string of the molecule is COc1ccc(CCNC(=O)[C@H](C)Sc2nnc(C3CC3)n2-c2ccccc2)cc1. The molecule has 0 saturated heterocycles. The van der Waals surface area contributed by atoms with Gasteiger partial charge in [0.15, 0.2) is 5.16 Å². The van der Waals surface area contributed by atoms with Gasteiger partial charge in [-0.25, -0.2) is 0 Å².